The number of carbonyl (C=O) groups excluding carboxylic acids is 2. The number of hydrogen-bond acceptors (Lipinski definition) is 3. The molecule has 0 radical (unpaired) electrons. The summed E-state index contributed by atoms with van der Waals surface area (Å²) in [4.78, 5) is 29.9. The molecular formula is C28H32Cl2N2O2S. The monoisotopic (exact) mass is 530 g/mol. The maximum atomic E-state index is 13.1. The minimum absolute atomic E-state index is 0.0451. The Balaban J connectivity index is 1.27. The van der Waals surface area contributed by atoms with Gasteiger partial charge >= 0.3 is 0 Å². The summed E-state index contributed by atoms with van der Waals surface area (Å²) in [6, 6.07) is 11.9. The lowest BCUT2D eigenvalue weighted by atomic mass is 9.93. The van der Waals surface area contributed by atoms with Crippen molar-refractivity contribution in [1.29, 1.82) is 0 Å². The predicted octanol–water partition coefficient (Wildman–Crippen LogP) is 6.57. The number of amides is 2. The van der Waals surface area contributed by atoms with Gasteiger partial charge in [-0.05, 0) is 66.6 Å². The normalized spacial score (nSPS) is 21.5. The summed E-state index contributed by atoms with van der Waals surface area (Å²) < 4.78 is 0. The average Bonchev–Trinajstić information content (AvgIpc) is 3.26. The Hall–Kier alpha value is -1.69. The van der Waals surface area contributed by atoms with E-state index in [0.29, 0.717) is 28.1 Å². The largest absolute Gasteiger partial charge is 0.339 e. The van der Waals surface area contributed by atoms with Gasteiger partial charge in [0.05, 0.1) is 0 Å². The molecule has 3 aliphatic rings. The number of likely N-dealkylation sites (tertiary alicyclic amines) is 1. The van der Waals surface area contributed by atoms with Gasteiger partial charge in [0.25, 0.3) is 5.91 Å². The van der Waals surface area contributed by atoms with Crippen LogP contribution in [-0.4, -0.2) is 58.8 Å². The molecule has 1 aliphatic carbocycles. The Bertz CT molecular complexity index is 1060. The quantitative estimate of drug-likeness (QED) is 0.438. The van der Waals surface area contributed by atoms with E-state index in [1.807, 2.05) is 53.1 Å². The Kier molecular flexibility index (Phi) is 7.95. The van der Waals surface area contributed by atoms with Crippen LogP contribution in [0.5, 0.6) is 0 Å². The SMILES string of the molecule is O=C(c1ccc(-c2cc(Cl)c(CC3CCN(C4CCCCC4)C3=O)c(Cl)c2)cc1)N1CCSCC1. The summed E-state index contributed by atoms with van der Waals surface area (Å²) in [5.41, 5.74) is 3.44. The van der Waals surface area contributed by atoms with Gasteiger partial charge in [-0.25, -0.2) is 0 Å². The lowest BCUT2D eigenvalue weighted by molar-refractivity contribution is -0.133. The summed E-state index contributed by atoms with van der Waals surface area (Å²) in [5.74, 6) is 2.31. The smallest absolute Gasteiger partial charge is 0.253 e. The molecule has 2 aliphatic heterocycles. The Labute approximate surface area is 222 Å². The van der Waals surface area contributed by atoms with E-state index in [0.717, 1.165) is 67.1 Å². The molecule has 2 saturated heterocycles. The lowest BCUT2D eigenvalue weighted by Crippen LogP contribution is -2.39. The molecule has 4 nitrogen and oxygen atoms in total. The molecule has 186 valence electrons. The van der Waals surface area contributed by atoms with Gasteiger partial charge in [0.2, 0.25) is 5.91 Å². The van der Waals surface area contributed by atoms with Gasteiger partial charge in [-0.2, -0.15) is 11.8 Å². The topological polar surface area (TPSA) is 40.6 Å². The number of carbonyl (C=O) groups is 2. The first kappa shape index (κ1) is 25.0. The molecule has 2 aromatic rings. The van der Waals surface area contributed by atoms with E-state index >= 15 is 0 Å². The van der Waals surface area contributed by atoms with Crippen LogP contribution in [0.1, 0.15) is 54.4 Å². The molecule has 5 rings (SSSR count). The predicted molar refractivity (Wildman–Crippen MR) is 146 cm³/mol. The summed E-state index contributed by atoms with van der Waals surface area (Å²) in [6.45, 7) is 2.46. The molecule has 0 bridgehead atoms. The van der Waals surface area contributed by atoms with Crippen molar-refractivity contribution in [2.45, 2.75) is 51.0 Å². The Morgan fingerprint density at radius 2 is 1.54 bits per heavy atom. The van der Waals surface area contributed by atoms with Crippen LogP contribution < -0.4 is 0 Å². The molecule has 7 heteroatoms. The van der Waals surface area contributed by atoms with Gasteiger partial charge in [0.1, 0.15) is 0 Å². The lowest BCUT2D eigenvalue weighted by Gasteiger charge is -2.31. The average molecular weight is 532 g/mol. The van der Waals surface area contributed by atoms with Crippen molar-refractivity contribution in [2.24, 2.45) is 5.92 Å². The molecule has 0 aromatic heterocycles. The molecule has 3 fully saturated rings. The molecule has 2 amide bonds. The van der Waals surface area contributed by atoms with Crippen LogP contribution in [0.15, 0.2) is 36.4 Å². The third kappa shape index (κ3) is 5.52. The van der Waals surface area contributed by atoms with E-state index in [1.54, 1.807) is 0 Å². The number of nitrogens with zero attached hydrogens (tertiary/aromatic N) is 2. The van der Waals surface area contributed by atoms with Crippen LogP contribution >= 0.6 is 35.0 Å². The minimum Gasteiger partial charge on any atom is -0.339 e. The van der Waals surface area contributed by atoms with Crippen LogP contribution in [0.25, 0.3) is 11.1 Å². The van der Waals surface area contributed by atoms with Gasteiger partial charge < -0.3 is 9.80 Å². The zero-order chi connectivity index (χ0) is 24.4. The highest BCUT2D eigenvalue weighted by atomic mass is 35.5. The Morgan fingerprint density at radius 3 is 2.20 bits per heavy atom. The zero-order valence-corrected chi connectivity index (χ0v) is 22.3. The fourth-order valence-electron chi connectivity index (χ4n) is 5.67. The number of rotatable bonds is 5. The van der Waals surface area contributed by atoms with Crippen molar-refractivity contribution < 1.29 is 9.59 Å². The van der Waals surface area contributed by atoms with Gasteiger partial charge in [0.15, 0.2) is 0 Å². The van der Waals surface area contributed by atoms with Crippen molar-refractivity contribution in [3.8, 4) is 11.1 Å². The second-order valence-corrected chi connectivity index (χ2v) is 12.0. The van der Waals surface area contributed by atoms with Crippen LogP contribution in [-0.2, 0) is 11.2 Å². The van der Waals surface area contributed by atoms with Gasteiger partial charge in [-0.15, -0.1) is 0 Å². The van der Waals surface area contributed by atoms with E-state index < -0.39 is 0 Å². The molecule has 1 atom stereocenters. The number of benzene rings is 2. The van der Waals surface area contributed by atoms with Gasteiger partial charge in [-0.3, -0.25) is 9.59 Å². The standard InChI is InChI=1S/C28H32Cl2N2O2S/c29-25-17-22(19-6-8-20(9-7-19)27(33)31-12-14-35-15-13-31)18-26(30)24(25)16-21-10-11-32(28(21)34)23-4-2-1-3-5-23/h6-9,17-18,21,23H,1-5,10-16H2. The first-order valence-corrected chi connectivity index (χ1v) is 14.7. The number of hydrogen-bond donors (Lipinski definition) is 0. The highest BCUT2D eigenvalue weighted by Gasteiger charge is 2.36. The van der Waals surface area contributed by atoms with Crippen molar-refractivity contribution >= 4 is 46.8 Å². The third-order valence-corrected chi connectivity index (χ3v) is 9.34. The molecule has 0 spiro atoms. The third-order valence-electron chi connectivity index (χ3n) is 7.72. The van der Waals surface area contributed by atoms with E-state index in [-0.39, 0.29) is 17.7 Å². The molecular weight excluding hydrogens is 499 g/mol. The highest BCUT2D eigenvalue weighted by molar-refractivity contribution is 7.99. The number of thioether (sulfide) groups is 1. The van der Waals surface area contributed by atoms with Crippen molar-refractivity contribution in [3.63, 3.8) is 0 Å². The Morgan fingerprint density at radius 1 is 0.886 bits per heavy atom. The maximum Gasteiger partial charge on any atom is 0.253 e. The summed E-state index contributed by atoms with van der Waals surface area (Å²) in [5, 5.41) is 1.20. The fourth-order valence-corrected chi connectivity index (χ4v) is 7.22. The first-order chi connectivity index (χ1) is 17.0. The molecule has 1 unspecified atom stereocenters. The van der Waals surface area contributed by atoms with Crippen LogP contribution in [0.2, 0.25) is 10.0 Å². The summed E-state index contributed by atoms with van der Waals surface area (Å²) in [7, 11) is 0. The van der Waals surface area contributed by atoms with Gasteiger partial charge in [0, 0.05) is 58.7 Å². The van der Waals surface area contributed by atoms with E-state index in [2.05, 4.69) is 4.90 Å². The van der Waals surface area contributed by atoms with Crippen molar-refractivity contribution in [1.82, 2.24) is 9.80 Å². The minimum atomic E-state index is -0.0451. The molecule has 2 heterocycles. The molecule has 1 saturated carbocycles. The first-order valence-electron chi connectivity index (χ1n) is 12.8. The fraction of sp³-hybridized carbons (Fsp3) is 0.500. The second-order valence-electron chi connectivity index (χ2n) is 9.91. The molecule has 0 N–H and O–H groups in total. The summed E-state index contributed by atoms with van der Waals surface area (Å²) in [6.07, 6.45) is 7.47. The van der Waals surface area contributed by atoms with E-state index in [4.69, 9.17) is 23.2 Å². The van der Waals surface area contributed by atoms with Crippen molar-refractivity contribution in [3.05, 3.63) is 57.6 Å². The molecule has 35 heavy (non-hydrogen) atoms. The van der Waals surface area contributed by atoms with Crippen LogP contribution in [0.4, 0.5) is 0 Å². The maximum absolute atomic E-state index is 13.1. The van der Waals surface area contributed by atoms with E-state index in [9.17, 15) is 9.59 Å². The second kappa shape index (κ2) is 11.1. The van der Waals surface area contributed by atoms with E-state index in [1.165, 1.54) is 19.3 Å². The highest BCUT2D eigenvalue weighted by Crippen LogP contribution is 2.36. The van der Waals surface area contributed by atoms with Crippen molar-refractivity contribution in [2.75, 3.05) is 31.1 Å². The number of halogens is 2. The zero-order valence-electron chi connectivity index (χ0n) is 20.0. The molecule has 2 aromatic carbocycles. The van der Waals surface area contributed by atoms with Crippen LogP contribution in [0, 0.1) is 5.92 Å². The van der Waals surface area contributed by atoms with Crippen LogP contribution in [0.3, 0.4) is 0 Å². The summed E-state index contributed by atoms with van der Waals surface area (Å²) >= 11 is 15.3. The van der Waals surface area contributed by atoms with Gasteiger partial charge in [-0.1, -0.05) is 54.6 Å².